The lowest BCUT2D eigenvalue weighted by Gasteiger charge is -2.12. The Morgan fingerprint density at radius 2 is 1.94 bits per heavy atom. The van der Waals surface area contributed by atoms with Gasteiger partial charge < -0.3 is 14.8 Å². The van der Waals surface area contributed by atoms with Crippen molar-refractivity contribution in [3.05, 3.63) is 71.8 Å². The first-order valence-electron chi connectivity index (χ1n) is 10.1. The zero-order valence-corrected chi connectivity index (χ0v) is 17.2. The predicted octanol–water partition coefficient (Wildman–Crippen LogP) is 3.98. The van der Waals surface area contributed by atoms with E-state index in [0.717, 1.165) is 22.0 Å². The maximum atomic E-state index is 12.9. The number of hydrogen-bond acceptors (Lipinski definition) is 4. The van der Waals surface area contributed by atoms with Gasteiger partial charge in [-0.1, -0.05) is 42.2 Å². The summed E-state index contributed by atoms with van der Waals surface area (Å²) < 4.78 is 10.6. The van der Waals surface area contributed by atoms with Crippen LogP contribution in [-0.4, -0.2) is 38.3 Å². The van der Waals surface area contributed by atoms with Crippen LogP contribution in [0.3, 0.4) is 0 Å². The molecule has 3 aromatic rings. The maximum absolute atomic E-state index is 12.9. The molecule has 0 radical (unpaired) electrons. The van der Waals surface area contributed by atoms with Gasteiger partial charge in [-0.15, -0.1) is 0 Å². The van der Waals surface area contributed by atoms with Crippen molar-refractivity contribution in [2.24, 2.45) is 0 Å². The number of cyclic esters (lactones) is 1. The first-order valence-corrected chi connectivity index (χ1v) is 10.1. The van der Waals surface area contributed by atoms with Crippen LogP contribution in [0, 0.1) is 11.8 Å². The Balaban J connectivity index is 1.44. The standard InChI is InChI=1S/C25H22N2O4/c1-2-30-22-14-11-19-7-3-4-8-21(19)23(22)24(28)26-15-5-6-18-9-12-20(13-10-18)27-16-17-31-25(27)29/h3-4,7-14H,2,15-17H2,1H3,(H,26,28). The highest BCUT2D eigenvalue weighted by Crippen LogP contribution is 2.28. The molecule has 1 saturated heterocycles. The van der Waals surface area contributed by atoms with E-state index >= 15 is 0 Å². The van der Waals surface area contributed by atoms with Crippen LogP contribution < -0.4 is 15.0 Å². The lowest BCUT2D eigenvalue weighted by molar-refractivity contribution is 0.0956. The Labute approximate surface area is 180 Å². The third-order valence-electron chi connectivity index (χ3n) is 4.93. The molecule has 1 aliphatic heterocycles. The van der Waals surface area contributed by atoms with E-state index in [2.05, 4.69) is 17.2 Å². The van der Waals surface area contributed by atoms with E-state index < -0.39 is 0 Å². The molecule has 3 aromatic carbocycles. The number of fused-ring (bicyclic) bond motifs is 1. The van der Waals surface area contributed by atoms with E-state index in [9.17, 15) is 9.59 Å². The number of nitrogens with one attached hydrogen (secondary N) is 1. The zero-order valence-electron chi connectivity index (χ0n) is 17.2. The largest absolute Gasteiger partial charge is 0.493 e. The highest BCUT2D eigenvalue weighted by molar-refractivity contribution is 6.09. The second-order valence-electron chi connectivity index (χ2n) is 6.89. The molecule has 0 bridgehead atoms. The smallest absolute Gasteiger partial charge is 0.414 e. The minimum absolute atomic E-state index is 0.202. The molecule has 31 heavy (non-hydrogen) atoms. The van der Waals surface area contributed by atoms with E-state index in [1.54, 1.807) is 4.90 Å². The Morgan fingerprint density at radius 1 is 1.13 bits per heavy atom. The van der Waals surface area contributed by atoms with Crippen molar-refractivity contribution in [1.82, 2.24) is 5.32 Å². The van der Waals surface area contributed by atoms with Gasteiger partial charge in [0.05, 0.1) is 25.3 Å². The van der Waals surface area contributed by atoms with E-state index in [0.29, 0.717) is 31.1 Å². The zero-order chi connectivity index (χ0) is 21.6. The molecule has 1 heterocycles. The molecule has 0 atom stereocenters. The normalized spacial score (nSPS) is 12.8. The number of hydrogen-bond donors (Lipinski definition) is 1. The summed E-state index contributed by atoms with van der Waals surface area (Å²) in [6, 6.07) is 18.8. The molecule has 0 aliphatic carbocycles. The van der Waals surface area contributed by atoms with Crippen LogP contribution in [0.1, 0.15) is 22.8 Å². The summed E-state index contributed by atoms with van der Waals surface area (Å²) in [5.74, 6) is 6.33. The molecule has 1 aliphatic rings. The number of ether oxygens (including phenoxy) is 2. The lowest BCUT2D eigenvalue weighted by Crippen LogP contribution is -2.24. The summed E-state index contributed by atoms with van der Waals surface area (Å²) in [5, 5.41) is 4.68. The second-order valence-corrected chi connectivity index (χ2v) is 6.89. The number of rotatable bonds is 5. The highest BCUT2D eigenvalue weighted by atomic mass is 16.6. The number of amides is 2. The summed E-state index contributed by atoms with van der Waals surface area (Å²) in [7, 11) is 0. The van der Waals surface area contributed by atoms with Crippen LogP contribution in [-0.2, 0) is 4.74 Å². The number of anilines is 1. The Morgan fingerprint density at radius 3 is 2.68 bits per heavy atom. The van der Waals surface area contributed by atoms with Crippen LogP contribution in [0.2, 0.25) is 0 Å². The molecule has 1 N–H and O–H groups in total. The number of benzene rings is 3. The molecular weight excluding hydrogens is 392 g/mol. The first kappa shape index (κ1) is 20.3. The number of carbonyl (C=O) groups is 2. The van der Waals surface area contributed by atoms with Gasteiger partial charge in [-0.3, -0.25) is 9.69 Å². The minimum atomic E-state index is -0.332. The molecule has 0 saturated carbocycles. The summed E-state index contributed by atoms with van der Waals surface area (Å²) >= 11 is 0. The van der Waals surface area contributed by atoms with Crippen molar-refractivity contribution in [1.29, 1.82) is 0 Å². The third-order valence-corrected chi connectivity index (χ3v) is 4.93. The van der Waals surface area contributed by atoms with Crippen LogP contribution in [0.25, 0.3) is 10.8 Å². The summed E-state index contributed by atoms with van der Waals surface area (Å²) in [4.78, 5) is 26.1. The number of nitrogens with zero attached hydrogens (tertiary/aromatic N) is 1. The van der Waals surface area contributed by atoms with Gasteiger partial charge in [-0.05, 0) is 48.0 Å². The lowest BCUT2D eigenvalue weighted by atomic mass is 10.0. The van der Waals surface area contributed by atoms with Crippen LogP contribution in [0.4, 0.5) is 10.5 Å². The second kappa shape index (κ2) is 9.23. The average Bonchev–Trinajstić information content (AvgIpc) is 3.23. The molecule has 2 amide bonds. The third kappa shape index (κ3) is 4.46. The highest BCUT2D eigenvalue weighted by Gasteiger charge is 2.23. The summed E-state index contributed by atoms with van der Waals surface area (Å²) in [6.45, 7) is 3.52. The van der Waals surface area contributed by atoms with E-state index in [4.69, 9.17) is 9.47 Å². The SMILES string of the molecule is CCOc1ccc2ccccc2c1C(=O)NCC#Cc1ccc(N2CCOC2=O)cc1. The van der Waals surface area contributed by atoms with Crippen LogP contribution >= 0.6 is 0 Å². The fourth-order valence-electron chi connectivity index (χ4n) is 3.47. The first-order chi connectivity index (χ1) is 15.2. The van der Waals surface area contributed by atoms with Crippen molar-refractivity contribution in [2.45, 2.75) is 6.92 Å². The Kier molecular flexibility index (Phi) is 6.04. The molecule has 6 nitrogen and oxygen atoms in total. The summed E-state index contributed by atoms with van der Waals surface area (Å²) in [6.07, 6.45) is -0.332. The fourth-order valence-corrected chi connectivity index (χ4v) is 3.47. The van der Waals surface area contributed by atoms with Crippen molar-refractivity contribution in [3.8, 4) is 17.6 Å². The molecule has 156 valence electrons. The molecule has 0 spiro atoms. The van der Waals surface area contributed by atoms with Crippen LogP contribution in [0.15, 0.2) is 60.7 Å². The topological polar surface area (TPSA) is 67.9 Å². The summed E-state index contributed by atoms with van der Waals surface area (Å²) in [5.41, 5.74) is 2.09. The van der Waals surface area contributed by atoms with Gasteiger partial charge in [0.2, 0.25) is 0 Å². The van der Waals surface area contributed by atoms with Crippen LogP contribution in [0.5, 0.6) is 5.75 Å². The Hall–Kier alpha value is -3.98. The monoisotopic (exact) mass is 414 g/mol. The van der Waals surface area contributed by atoms with Gasteiger partial charge in [0, 0.05) is 11.3 Å². The molecule has 4 rings (SSSR count). The van der Waals surface area contributed by atoms with Gasteiger partial charge in [-0.2, -0.15) is 0 Å². The molecule has 6 heteroatoms. The van der Waals surface area contributed by atoms with Crippen molar-refractivity contribution < 1.29 is 19.1 Å². The van der Waals surface area contributed by atoms with Gasteiger partial charge in [0.25, 0.3) is 5.91 Å². The number of carbonyl (C=O) groups excluding carboxylic acids is 2. The molecule has 0 unspecified atom stereocenters. The van der Waals surface area contributed by atoms with E-state index in [-0.39, 0.29) is 18.5 Å². The average molecular weight is 414 g/mol. The van der Waals surface area contributed by atoms with Crippen molar-refractivity contribution in [3.63, 3.8) is 0 Å². The molecule has 0 aromatic heterocycles. The van der Waals surface area contributed by atoms with E-state index in [1.165, 1.54) is 0 Å². The van der Waals surface area contributed by atoms with E-state index in [1.807, 2.05) is 67.6 Å². The van der Waals surface area contributed by atoms with Gasteiger partial charge in [0.15, 0.2) is 0 Å². The van der Waals surface area contributed by atoms with Crippen molar-refractivity contribution in [2.75, 3.05) is 31.2 Å². The van der Waals surface area contributed by atoms with Crippen molar-refractivity contribution >= 4 is 28.5 Å². The molecular formula is C25H22N2O4. The maximum Gasteiger partial charge on any atom is 0.414 e. The minimum Gasteiger partial charge on any atom is -0.493 e. The van der Waals surface area contributed by atoms with Gasteiger partial charge in [0.1, 0.15) is 12.4 Å². The van der Waals surface area contributed by atoms with Gasteiger partial charge >= 0.3 is 6.09 Å². The Bertz CT molecular complexity index is 1180. The molecule has 1 fully saturated rings. The fraction of sp³-hybridized carbons (Fsp3) is 0.200. The quantitative estimate of drug-likeness (QED) is 0.642. The predicted molar refractivity (Wildman–Crippen MR) is 119 cm³/mol. The van der Waals surface area contributed by atoms with Gasteiger partial charge in [-0.25, -0.2) is 4.79 Å².